The summed E-state index contributed by atoms with van der Waals surface area (Å²) in [4.78, 5) is 26.2. The smallest absolute Gasteiger partial charge is 0.416 e. The largest absolute Gasteiger partial charge is 0.489 e. The van der Waals surface area contributed by atoms with E-state index >= 15 is 0 Å². The van der Waals surface area contributed by atoms with Gasteiger partial charge in [-0.3, -0.25) is 14.5 Å². The third-order valence-corrected chi connectivity index (χ3v) is 4.42. The predicted molar refractivity (Wildman–Crippen MR) is 94.1 cm³/mol. The number of amides is 2. The zero-order valence-electron chi connectivity index (χ0n) is 15.2. The molecule has 1 aliphatic rings. The van der Waals surface area contributed by atoms with Crippen LogP contribution in [0, 0.1) is 0 Å². The van der Waals surface area contributed by atoms with E-state index in [4.69, 9.17) is 9.47 Å². The van der Waals surface area contributed by atoms with Crippen LogP contribution in [0.25, 0.3) is 0 Å². The van der Waals surface area contributed by atoms with Crippen LogP contribution < -0.4 is 4.74 Å². The number of halogens is 3. The highest BCUT2D eigenvalue weighted by Gasteiger charge is 2.38. The van der Waals surface area contributed by atoms with Crippen molar-refractivity contribution in [3.05, 3.63) is 64.7 Å². The predicted octanol–water partition coefficient (Wildman–Crippen LogP) is 3.92. The Morgan fingerprint density at radius 2 is 1.64 bits per heavy atom. The summed E-state index contributed by atoms with van der Waals surface area (Å²) in [5.41, 5.74) is 0.335. The second-order valence-corrected chi connectivity index (χ2v) is 6.48. The van der Waals surface area contributed by atoms with Gasteiger partial charge in [0.05, 0.1) is 29.3 Å². The van der Waals surface area contributed by atoms with E-state index in [2.05, 4.69) is 0 Å². The average Bonchev–Trinajstić information content (AvgIpc) is 2.90. The van der Waals surface area contributed by atoms with Crippen LogP contribution in [0.5, 0.6) is 5.75 Å². The van der Waals surface area contributed by atoms with Crippen molar-refractivity contribution in [1.29, 1.82) is 0 Å². The molecule has 0 fully saturated rings. The van der Waals surface area contributed by atoms with Crippen LogP contribution >= 0.6 is 0 Å². The molecule has 0 saturated heterocycles. The number of nitrogens with zero attached hydrogens (tertiary/aromatic N) is 1. The molecule has 0 aliphatic carbocycles. The molecule has 0 spiro atoms. The molecule has 28 heavy (non-hydrogen) atoms. The number of imide groups is 1. The van der Waals surface area contributed by atoms with Crippen LogP contribution in [0.3, 0.4) is 0 Å². The lowest BCUT2D eigenvalue weighted by Gasteiger charge is -2.21. The minimum Gasteiger partial charge on any atom is -0.489 e. The minimum atomic E-state index is -4.39. The molecule has 0 unspecified atom stereocenters. The zero-order chi connectivity index (χ0) is 20.5. The summed E-state index contributed by atoms with van der Waals surface area (Å²) in [7, 11) is 1.49. The molecule has 2 aromatic carbocycles. The molecule has 1 aliphatic heterocycles. The molecule has 2 aromatic rings. The molecule has 8 heteroatoms. The molecule has 0 bridgehead atoms. The van der Waals surface area contributed by atoms with E-state index in [0.717, 1.165) is 17.0 Å². The van der Waals surface area contributed by atoms with Crippen LogP contribution in [0.4, 0.5) is 13.2 Å². The van der Waals surface area contributed by atoms with E-state index in [1.807, 2.05) is 0 Å². The van der Waals surface area contributed by atoms with Gasteiger partial charge in [-0.25, -0.2) is 0 Å². The fourth-order valence-corrected chi connectivity index (χ4v) is 3.00. The number of carbonyl (C=O) groups excluding carboxylic acids is 2. The molecule has 0 radical (unpaired) electrons. The molecular weight excluding hydrogens is 375 g/mol. The minimum absolute atomic E-state index is 0.0306. The van der Waals surface area contributed by atoms with Crippen LogP contribution in [0.1, 0.15) is 38.8 Å². The third kappa shape index (κ3) is 3.87. The van der Waals surface area contributed by atoms with Crippen LogP contribution in [-0.4, -0.2) is 36.5 Å². The number of hydrogen-bond donors (Lipinski definition) is 0. The Morgan fingerprint density at radius 1 is 1.00 bits per heavy atom. The lowest BCUT2D eigenvalue weighted by molar-refractivity contribution is -0.137. The highest BCUT2D eigenvalue weighted by atomic mass is 19.4. The topological polar surface area (TPSA) is 55.8 Å². The van der Waals surface area contributed by atoms with Crippen molar-refractivity contribution in [3.8, 4) is 5.75 Å². The van der Waals surface area contributed by atoms with Crippen molar-refractivity contribution >= 4 is 11.8 Å². The summed E-state index contributed by atoms with van der Waals surface area (Å²) in [5, 5.41) is 0. The lowest BCUT2D eigenvalue weighted by Crippen LogP contribution is -2.40. The highest BCUT2D eigenvalue weighted by molar-refractivity contribution is 6.21. The van der Waals surface area contributed by atoms with E-state index in [-0.39, 0.29) is 30.2 Å². The molecule has 0 saturated carbocycles. The van der Waals surface area contributed by atoms with E-state index in [9.17, 15) is 22.8 Å². The van der Waals surface area contributed by atoms with Gasteiger partial charge in [0.1, 0.15) is 12.4 Å². The number of hydrogen-bond acceptors (Lipinski definition) is 4. The first-order chi connectivity index (χ1) is 13.2. The van der Waals surface area contributed by atoms with Gasteiger partial charge in [-0.15, -0.1) is 0 Å². The van der Waals surface area contributed by atoms with Crippen molar-refractivity contribution < 1.29 is 32.2 Å². The number of carbonyl (C=O) groups is 2. The first-order valence-corrected chi connectivity index (χ1v) is 8.52. The summed E-state index contributed by atoms with van der Waals surface area (Å²) in [5.74, 6) is -0.468. The quantitative estimate of drug-likeness (QED) is 0.699. The van der Waals surface area contributed by atoms with Gasteiger partial charge in [0.2, 0.25) is 0 Å². The number of ether oxygens (including phenoxy) is 2. The Bertz CT molecular complexity index is 893. The summed E-state index contributed by atoms with van der Waals surface area (Å²) in [6.07, 6.45) is -4.39. The number of alkyl halides is 3. The molecule has 1 atom stereocenters. The van der Waals surface area contributed by atoms with E-state index in [1.54, 1.807) is 13.0 Å². The second-order valence-electron chi connectivity index (χ2n) is 6.48. The van der Waals surface area contributed by atoms with Crippen molar-refractivity contribution in [3.63, 3.8) is 0 Å². The Kier molecular flexibility index (Phi) is 5.42. The van der Waals surface area contributed by atoms with Crippen molar-refractivity contribution in [2.24, 2.45) is 0 Å². The summed E-state index contributed by atoms with van der Waals surface area (Å²) in [6, 6.07) is 8.76. The average molecular weight is 393 g/mol. The van der Waals surface area contributed by atoms with Gasteiger partial charge in [-0.1, -0.05) is 12.1 Å². The van der Waals surface area contributed by atoms with Crippen molar-refractivity contribution in [2.75, 3.05) is 13.7 Å². The van der Waals surface area contributed by atoms with Gasteiger partial charge < -0.3 is 9.47 Å². The number of methoxy groups -OCH3 is 1. The summed E-state index contributed by atoms with van der Waals surface area (Å²) < 4.78 is 48.4. The van der Waals surface area contributed by atoms with Gasteiger partial charge in [0.25, 0.3) is 11.8 Å². The third-order valence-electron chi connectivity index (χ3n) is 4.42. The molecule has 1 heterocycles. The Balaban J connectivity index is 1.72. The van der Waals surface area contributed by atoms with Gasteiger partial charge in [0.15, 0.2) is 0 Å². The Morgan fingerprint density at radius 3 is 2.25 bits per heavy atom. The van der Waals surface area contributed by atoms with Gasteiger partial charge >= 0.3 is 6.18 Å². The SMILES string of the molecule is COC[C@H](C)N1C(=O)c2ccc(OCc3ccc(C(F)(F)F)cc3)cc2C1=O. The zero-order valence-corrected chi connectivity index (χ0v) is 15.2. The molecule has 0 N–H and O–H groups in total. The van der Waals surface area contributed by atoms with Crippen molar-refractivity contribution in [1.82, 2.24) is 4.90 Å². The maximum Gasteiger partial charge on any atom is 0.416 e. The fourth-order valence-electron chi connectivity index (χ4n) is 3.00. The van der Waals surface area contributed by atoms with Crippen LogP contribution in [0.2, 0.25) is 0 Å². The van der Waals surface area contributed by atoms with E-state index in [0.29, 0.717) is 11.3 Å². The Hall–Kier alpha value is -2.87. The number of rotatable bonds is 6. The number of fused-ring (bicyclic) bond motifs is 1. The molecular formula is C20H18F3NO4. The van der Waals surface area contributed by atoms with E-state index in [1.165, 1.54) is 31.4 Å². The summed E-state index contributed by atoms with van der Waals surface area (Å²) >= 11 is 0. The monoisotopic (exact) mass is 393 g/mol. The molecule has 5 nitrogen and oxygen atoms in total. The molecule has 3 rings (SSSR count). The highest BCUT2D eigenvalue weighted by Crippen LogP contribution is 2.30. The van der Waals surface area contributed by atoms with Gasteiger partial charge in [-0.2, -0.15) is 13.2 Å². The maximum atomic E-state index is 12.6. The van der Waals surface area contributed by atoms with Gasteiger partial charge in [0, 0.05) is 7.11 Å². The number of benzene rings is 2. The van der Waals surface area contributed by atoms with E-state index < -0.39 is 23.7 Å². The molecule has 148 valence electrons. The maximum absolute atomic E-state index is 12.6. The van der Waals surface area contributed by atoms with Crippen LogP contribution in [-0.2, 0) is 17.5 Å². The summed E-state index contributed by atoms with van der Waals surface area (Å²) in [6.45, 7) is 1.97. The van der Waals surface area contributed by atoms with Crippen molar-refractivity contribution in [2.45, 2.75) is 25.7 Å². The first kappa shape index (κ1) is 19.9. The normalized spacial score (nSPS) is 15.0. The van der Waals surface area contributed by atoms with Crippen LogP contribution in [0.15, 0.2) is 42.5 Å². The molecule has 0 aromatic heterocycles. The molecule has 2 amide bonds. The fraction of sp³-hybridized carbons (Fsp3) is 0.300. The second kappa shape index (κ2) is 7.63. The first-order valence-electron chi connectivity index (χ1n) is 8.52. The lowest BCUT2D eigenvalue weighted by atomic mass is 10.1. The van der Waals surface area contributed by atoms with Gasteiger partial charge in [-0.05, 0) is 42.8 Å². The standard InChI is InChI=1S/C20H18F3NO4/c1-12(10-27-2)24-18(25)16-8-7-15(9-17(16)19(24)26)28-11-13-3-5-14(6-4-13)20(21,22)23/h3-9,12H,10-11H2,1-2H3/t12-/m0/s1. The Labute approximate surface area is 159 Å².